The summed E-state index contributed by atoms with van der Waals surface area (Å²) >= 11 is 0. The summed E-state index contributed by atoms with van der Waals surface area (Å²) in [6, 6.07) is 3.80. The number of carboxylic acid groups (broad SMARTS) is 1. The van der Waals surface area contributed by atoms with Gasteiger partial charge in [-0.05, 0) is 55.7 Å². The van der Waals surface area contributed by atoms with Crippen molar-refractivity contribution in [3.05, 3.63) is 47.6 Å². The summed E-state index contributed by atoms with van der Waals surface area (Å²) in [5.41, 5.74) is 2.81. The third-order valence-corrected chi connectivity index (χ3v) is 2.54. The predicted molar refractivity (Wildman–Crippen MR) is 72.9 cm³/mol. The molecule has 0 bridgehead atoms. The van der Waals surface area contributed by atoms with Gasteiger partial charge in [-0.1, -0.05) is 12.7 Å². The van der Waals surface area contributed by atoms with Gasteiger partial charge in [0.05, 0.1) is 0 Å². The molecule has 0 radical (unpaired) electrons. The van der Waals surface area contributed by atoms with Gasteiger partial charge in [-0.25, -0.2) is 4.79 Å². The Bertz CT molecular complexity index is 464. The lowest BCUT2D eigenvalue weighted by Crippen LogP contribution is -2.09. The van der Waals surface area contributed by atoms with Gasteiger partial charge in [0.2, 0.25) is 0 Å². The van der Waals surface area contributed by atoms with Crippen LogP contribution in [0.4, 0.5) is 0 Å². The van der Waals surface area contributed by atoms with E-state index in [0.717, 1.165) is 28.5 Å². The van der Waals surface area contributed by atoms with Crippen LogP contribution in [-0.2, 0) is 4.79 Å². The number of hydrogen-bond donors (Lipinski definition) is 1. The molecule has 1 aromatic rings. The van der Waals surface area contributed by atoms with E-state index in [1.165, 1.54) is 0 Å². The molecule has 0 saturated carbocycles. The number of hydrogen-bond acceptors (Lipinski definition) is 2. The van der Waals surface area contributed by atoms with Crippen molar-refractivity contribution in [3.8, 4) is 5.75 Å². The molecule has 0 aliphatic carbocycles. The zero-order chi connectivity index (χ0) is 13.7. The Kier molecular flexibility index (Phi) is 4.72. The van der Waals surface area contributed by atoms with E-state index in [-0.39, 0.29) is 6.10 Å². The second-order valence-corrected chi connectivity index (χ2v) is 4.21. The Hall–Kier alpha value is -2.03. The summed E-state index contributed by atoms with van der Waals surface area (Å²) in [5, 5.41) is 8.60. The van der Waals surface area contributed by atoms with E-state index in [0.29, 0.717) is 0 Å². The van der Waals surface area contributed by atoms with Gasteiger partial charge in [0.1, 0.15) is 11.9 Å². The largest absolute Gasteiger partial charge is 0.486 e. The first kappa shape index (κ1) is 14.0. The molecule has 1 N–H and O–H groups in total. The van der Waals surface area contributed by atoms with Gasteiger partial charge in [-0.2, -0.15) is 0 Å². The smallest absolute Gasteiger partial charge is 0.328 e. The fourth-order valence-electron chi connectivity index (χ4n) is 1.67. The third kappa shape index (κ3) is 3.77. The van der Waals surface area contributed by atoms with Gasteiger partial charge >= 0.3 is 5.97 Å². The highest BCUT2D eigenvalue weighted by Crippen LogP contribution is 2.26. The zero-order valence-electron chi connectivity index (χ0n) is 10.9. The SMILES string of the molecule is C=CC(C)Oc1c(C)cc(C=CC(=O)O)cc1C. The van der Waals surface area contributed by atoms with Crippen LogP contribution in [0, 0.1) is 13.8 Å². The summed E-state index contributed by atoms with van der Waals surface area (Å²) < 4.78 is 5.75. The Balaban J connectivity index is 3.04. The van der Waals surface area contributed by atoms with Crippen LogP contribution in [0.2, 0.25) is 0 Å². The Labute approximate surface area is 107 Å². The maximum absolute atomic E-state index is 10.5. The third-order valence-electron chi connectivity index (χ3n) is 2.54. The number of aliphatic carboxylic acids is 1. The number of aryl methyl sites for hydroxylation is 2. The summed E-state index contributed by atoms with van der Waals surface area (Å²) in [5.74, 6) is -0.124. The topological polar surface area (TPSA) is 46.5 Å². The quantitative estimate of drug-likeness (QED) is 0.640. The molecule has 1 aromatic carbocycles. The van der Waals surface area contributed by atoms with Crippen molar-refractivity contribution in [2.45, 2.75) is 26.9 Å². The first-order chi connectivity index (χ1) is 8.43. The number of ether oxygens (including phenoxy) is 1. The lowest BCUT2D eigenvalue weighted by molar-refractivity contribution is -0.131. The maximum atomic E-state index is 10.5. The molecule has 1 unspecified atom stereocenters. The highest BCUT2D eigenvalue weighted by molar-refractivity contribution is 5.85. The highest BCUT2D eigenvalue weighted by Gasteiger charge is 2.08. The van der Waals surface area contributed by atoms with Crippen molar-refractivity contribution in [2.75, 3.05) is 0 Å². The minimum absolute atomic E-state index is 0.0530. The standard InChI is InChI=1S/C15H18O3/c1-5-12(4)18-15-10(2)8-13(9-11(15)3)6-7-14(16)17/h5-9,12H,1H2,2-4H3,(H,16,17). The molecule has 3 nitrogen and oxygen atoms in total. The lowest BCUT2D eigenvalue weighted by atomic mass is 10.1. The van der Waals surface area contributed by atoms with Gasteiger partial charge in [0, 0.05) is 6.08 Å². The van der Waals surface area contributed by atoms with Crippen molar-refractivity contribution in [3.63, 3.8) is 0 Å². The van der Waals surface area contributed by atoms with Crippen LogP contribution in [-0.4, -0.2) is 17.2 Å². The molecular weight excluding hydrogens is 228 g/mol. The van der Waals surface area contributed by atoms with Crippen LogP contribution in [0.1, 0.15) is 23.6 Å². The average Bonchev–Trinajstić information content (AvgIpc) is 2.30. The molecule has 1 atom stereocenters. The van der Waals surface area contributed by atoms with Gasteiger partial charge in [0.25, 0.3) is 0 Å². The first-order valence-electron chi connectivity index (χ1n) is 5.75. The zero-order valence-corrected chi connectivity index (χ0v) is 10.9. The van der Waals surface area contributed by atoms with Crippen molar-refractivity contribution in [2.24, 2.45) is 0 Å². The van der Waals surface area contributed by atoms with E-state index in [2.05, 4.69) is 6.58 Å². The number of rotatable bonds is 5. The fraction of sp³-hybridized carbons (Fsp3) is 0.267. The van der Waals surface area contributed by atoms with E-state index in [9.17, 15) is 4.79 Å². The van der Waals surface area contributed by atoms with E-state index in [4.69, 9.17) is 9.84 Å². The van der Waals surface area contributed by atoms with Crippen molar-refractivity contribution >= 4 is 12.0 Å². The Morgan fingerprint density at radius 3 is 2.39 bits per heavy atom. The molecule has 0 spiro atoms. The Morgan fingerprint density at radius 1 is 1.39 bits per heavy atom. The van der Waals surface area contributed by atoms with Crippen molar-refractivity contribution in [1.82, 2.24) is 0 Å². The van der Waals surface area contributed by atoms with E-state index in [1.54, 1.807) is 12.2 Å². The van der Waals surface area contributed by atoms with Gasteiger partial charge in [-0.3, -0.25) is 0 Å². The monoisotopic (exact) mass is 246 g/mol. The molecule has 0 aliphatic rings. The fourth-order valence-corrected chi connectivity index (χ4v) is 1.67. The highest BCUT2D eigenvalue weighted by atomic mass is 16.5. The molecule has 0 fully saturated rings. The minimum Gasteiger partial charge on any atom is -0.486 e. The molecule has 0 heterocycles. The second kappa shape index (κ2) is 6.05. The summed E-state index contributed by atoms with van der Waals surface area (Å²) in [4.78, 5) is 10.5. The van der Waals surface area contributed by atoms with Crippen LogP contribution in [0.15, 0.2) is 30.9 Å². The molecule has 0 aliphatic heterocycles. The molecule has 3 heteroatoms. The number of carbonyl (C=O) groups is 1. The van der Waals surface area contributed by atoms with E-state index in [1.807, 2.05) is 32.9 Å². The number of carboxylic acids is 1. The normalized spacial score (nSPS) is 12.4. The van der Waals surface area contributed by atoms with E-state index < -0.39 is 5.97 Å². The van der Waals surface area contributed by atoms with Crippen LogP contribution >= 0.6 is 0 Å². The molecule has 0 saturated heterocycles. The average molecular weight is 246 g/mol. The molecule has 1 rings (SSSR count). The second-order valence-electron chi connectivity index (χ2n) is 4.21. The molecule has 0 amide bonds. The lowest BCUT2D eigenvalue weighted by Gasteiger charge is -2.16. The molecule has 18 heavy (non-hydrogen) atoms. The minimum atomic E-state index is -0.953. The van der Waals surface area contributed by atoms with Crippen molar-refractivity contribution in [1.29, 1.82) is 0 Å². The predicted octanol–water partition coefficient (Wildman–Crippen LogP) is 3.35. The van der Waals surface area contributed by atoms with Crippen molar-refractivity contribution < 1.29 is 14.6 Å². The summed E-state index contributed by atoms with van der Waals surface area (Å²) in [6.45, 7) is 9.48. The number of benzene rings is 1. The van der Waals surface area contributed by atoms with Crippen LogP contribution < -0.4 is 4.74 Å². The van der Waals surface area contributed by atoms with Gasteiger partial charge in [0.15, 0.2) is 0 Å². The molecule has 0 aromatic heterocycles. The van der Waals surface area contributed by atoms with Gasteiger partial charge < -0.3 is 9.84 Å². The van der Waals surface area contributed by atoms with E-state index >= 15 is 0 Å². The van der Waals surface area contributed by atoms with Gasteiger partial charge in [-0.15, -0.1) is 0 Å². The maximum Gasteiger partial charge on any atom is 0.328 e. The van der Waals surface area contributed by atoms with Crippen LogP contribution in [0.5, 0.6) is 5.75 Å². The summed E-state index contributed by atoms with van der Waals surface area (Å²) in [6.07, 6.45) is 4.38. The van der Waals surface area contributed by atoms with Crippen LogP contribution in [0.25, 0.3) is 6.08 Å². The Morgan fingerprint density at radius 2 is 1.94 bits per heavy atom. The molecular formula is C15H18O3. The summed E-state index contributed by atoms with van der Waals surface area (Å²) in [7, 11) is 0. The first-order valence-corrected chi connectivity index (χ1v) is 5.75. The van der Waals surface area contributed by atoms with Crippen LogP contribution in [0.3, 0.4) is 0 Å². The molecule has 96 valence electrons.